The Morgan fingerprint density at radius 3 is 2.73 bits per heavy atom. The highest BCUT2D eigenvalue weighted by Gasteiger charge is 2.14. The molecule has 0 atom stereocenters. The SMILES string of the molecule is Cc1nonc1-c1csc(NC(=O)Cc2csc(-c3ccccc3)n2)n1. The summed E-state index contributed by atoms with van der Waals surface area (Å²) < 4.78 is 4.68. The Balaban J connectivity index is 1.41. The molecule has 7 nitrogen and oxygen atoms in total. The van der Waals surface area contributed by atoms with Crippen LogP contribution in [0.1, 0.15) is 11.4 Å². The molecule has 4 aromatic rings. The molecule has 0 aliphatic rings. The smallest absolute Gasteiger partial charge is 0.232 e. The van der Waals surface area contributed by atoms with Crippen LogP contribution in [0.3, 0.4) is 0 Å². The molecule has 9 heteroatoms. The van der Waals surface area contributed by atoms with E-state index in [1.807, 2.05) is 35.7 Å². The second-order valence-corrected chi connectivity index (χ2v) is 7.19. The van der Waals surface area contributed by atoms with E-state index in [1.54, 1.807) is 12.3 Å². The summed E-state index contributed by atoms with van der Waals surface area (Å²) in [5.74, 6) is -0.161. The zero-order chi connectivity index (χ0) is 17.9. The molecule has 1 amide bonds. The molecule has 0 saturated carbocycles. The van der Waals surface area contributed by atoms with Crippen LogP contribution in [0, 0.1) is 6.92 Å². The standard InChI is InChI=1S/C17H13N5O2S2/c1-10-15(22-24-21-10)13-9-26-17(19-13)20-14(23)7-12-8-25-16(18-12)11-5-3-2-4-6-11/h2-6,8-9H,7H2,1H3,(H,19,20,23). The molecular weight excluding hydrogens is 370 g/mol. The predicted molar refractivity (Wildman–Crippen MR) is 100 cm³/mol. The maximum absolute atomic E-state index is 12.3. The van der Waals surface area contributed by atoms with E-state index in [4.69, 9.17) is 0 Å². The minimum absolute atomic E-state index is 0.161. The number of benzene rings is 1. The number of nitrogens with one attached hydrogen (secondary N) is 1. The fourth-order valence-corrected chi connectivity index (χ4v) is 3.87. The molecule has 1 aromatic carbocycles. The van der Waals surface area contributed by atoms with Crippen molar-refractivity contribution in [1.29, 1.82) is 0 Å². The summed E-state index contributed by atoms with van der Waals surface area (Å²) in [6.07, 6.45) is 0.197. The zero-order valence-electron chi connectivity index (χ0n) is 13.7. The van der Waals surface area contributed by atoms with Gasteiger partial charge < -0.3 is 5.32 Å². The van der Waals surface area contributed by atoms with Crippen LogP contribution in [0.15, 0.2) is 45.7 Å². The molecule has 0 fully saturated rings. The van der Waals surface area contributed by atoms with Crippen molar-refractivity contribution in [2.45, 2.75) is 13.3 Å². The minimum Gasteiger partial charge on any atom is -0.302 e. The number of anilines is 1. The van der Waals surface area contributed by atoms with Gasteiger partial charge in [-0.3, -0.25) is 4.79 Å². The third kappa shape index (κ3) is 3.53. The van der Waals surface area contributed by atoms with Gasteiger partial charge in [-0.15, -0.1) is 22.7 Å². The highest BCUT2D eigenvalue weighted by atomic mass is 32.1. The van der Waals surface area contributed by atoms with E-state index in [9.17, 15) is 4.79 Å². The lowest BCUT2D eigenvalue weighted by Crippen LogP contribution is -2.14. The number of aryl methyl sites for hydroxylation is 1. The van der Waals surface area contributed by atoms with Crippen LogP contribution in [-0.2, 0) is 11.2 Å². The Labute approximate surface area is 156 Å². The number of rotatable bonds is 5. The number of hydrogen-bond donors (Lipinski definition) is 1. The van der Waals surface area contributed by atoms with E-state index < -0.39 is 0 Å². The minimum atomic E-state index is -0.161. The Hall–Kier alpha value is -2.91. The third-order valence-corrected chi connectivity index (χ3v) is 5.26. The van der Waals surface area contributed by atoms with Gasteiger partial charge in [-0.2, -0.15) is 0 Å². The quantitative estimate of drug-likeness (QED) is 0.563. The van der Waals surface area contributed by atoms with E-state index in [0.717, 1.165) is 16.3 Å². The maximum atomic E-state index is 12.3. The Bertz CT molecular complexity index is 1040. The van der Waals surface area contributed by atoms with Crippen LogP contribution < -0.4 is 5.32 Å². The van der Waals surface area contributed by atoms with Crippen molar-refractivity contribution in [2.75, 3.05) is 5.32 Å². The van der Waals surface area contributed by atoms with Gasteiger partial charge in [0.1, 0.15) is 16.4 Å². The number of amides is 1. The summed E-state index contributed by atoms with van der Waals surface area (Å²) >= 11 is 2.85. The first kappa shape index (κ1) is 16.6. The fourth-order valence-electron chi connectivity index (χ4n) is 2.33. The van der Waals surface area contributed by atoms with Crippen LogP contribution in [-0.4, -0.2) is 26.2 Å². The molecule has 130 valence electrons. The van der Waals surface area contributed by atoms with Gasteiger partial charge >= 0.3 is 0 Å². The largest absolute Gasteiger partial charge is 0.302 e. The Morgan fingerprint density at radius 1 is 1.12 bits per heavy atom. The summed E-state index contributed by atoms with van der Waals surface area (Å²) in [6, 6.07) is 9.90. The lowest BCUT2D eigenvalue weighted by molar-refractivity contribution is -0.115. The normalized spacial score (nSPS) is 10.8. The average molecular weight is 383 g/mol. The number of carbonyl (C=O) groups excluding carboxylic acids is 1. The summed E-state index contributed by atoms with van der Waals surface area (Å²) in [5.41, 5.74) is 3.65. The second kappa shape index (κ2) is 7.14. The molecule has 4 rings (SSSR count). The fraction of sp³-hybridized carbons (Fsp3) is 0.118. The highest BCUT2D eigenvalue weighted by Crippen LogP contribution is 2.26. The summed E-state index contributed by atoms with van der Waals surface area (Å²) in [6.45, 7) is 1.79. The van der Waals surface area contributed by atoms with Crippen molar-refractivity contribution < 1.29 is 9.42 Å². The van der Waals surface area contributed by atoms with Crippen LogP contribution >= 0.6 is 22.7 Å². The number of hydrogen-bond acceptors (Lipinski definition) is 8. The molecule has 0 spiro atoms. The van der Waals surface area contributed by atoms with E-state index >= 15 is 0 Å². The molecule has 3 aromatic heterocycles. The molecule has 0 radical (unpaired) electrons. The van der Waals surface area contributed by atoms with Crippen LogP contribution in [0.25, 0.3) is 22.0 Å². The summed E-state index contributed by atoms with van der Waals surface area (Å²) in [4.78, 5) is 21.1. The number of carbonyl (C=O) groups is 1. The van der Waals surface area contributed by atoms with Crippen molar-refractivity contribution in [2.24, 2.45) is 0 Å². The first-order valence-electron chi connectivity index (χ1n) is 7.74. The van der Waals surface area contributed by atoms with Gasteiger partial charge in [0.15, 0.2) is 10.8 Å². The van der Waals surface area contributed by atoms with Gasteiger partial charge in [0.25, 0.3) is 0 Å². The Morgan fingerprint density at radius 2 is 1.96 bits per heavy atom. The number of thiazole rings is 2. The zero-order valence-corrected chi connectivity index (χ0v) is 15.3. The summed E-state index contributed by atoms with van der Waals surface area (Å²) in [5, 5.41) is 15.5. The monoisotopic (exact) mass is 383 g/mol. The maximum Gasteiger partial charge on any atom is 0.232 e. The average Bonchev–Trinajstić information content (AvgIpc) is 3.37. The second-order valence-electron chi connectivity index (χ2n) is 5.47. The molecule has 0 aliphatic heterocycles. The van der Waals surface area contributed by atoms with E-state index in [-0.39, 0.29) is 12.3 Å². The topological polar surface area (TPSA) is 93.8 Å². The van der Waals surface area contributed by atoms with E-state index in [1.165, 1.54) is 22.7 Å². The Kier molecular flexibility index (Phi) is 4.55. The van der Waals surface area contributed by atoms with Crippen LogP contribution in [0.2, 0.25) is 0 Å². The van der Waals surface area contributed by atoms with Crippen LogP contribution in [0.5, 0.6) is 0 Å². The predicted octanol–water partition coefficient (Wildman–Crippen LogP) is 3.81. The first-order chi connectivity index (χ1) is 12.7. The van der Waals surface area contributed by atoms with Crippen molar-refractivity contribution in [1.82, 2.24) is 20.3 Å². The van der Waals surface area contributed by atoms with Crippen molar-refractivity contribution in [3.05, 3.63) is 52.5 Å². The van der Waals surface area contributed by atoms with Crippen LogP contribution in [0.4, 0.5) is 5.13 Å². The van der Waals surface area contributed by atoms with Gasteiger partial charge in [0, 0.05) is 16.3 Å². The van der Waals surface area contributed by atoms with E-state index in [2.05, 4.69) is 30.2 Å². The number of aromatic nitrogens is 4. The molecular formula is C17H13N5O2S2. The third-order valence-electron chi connectivity index (χ3n) is 3.56. The molecule has 3 heterocycles. The van der Waals surface area contributed by atoms with Gasteiger partial charge in [0.05, 0.1) is 12.1 Å². The highest BCUT2D eigenvalue weighted by molar-refractivity contribution is 7.14. The first-order valence-corrected chi connectivity index (χ1v) is 9.50. The number of nitrogens with zero attached hydrogens (tertiary/aromatic N) is 4. The molecule has 0 aliphatic carbocycles. The molecule has 26 heavy (non-hydrogen) atoms. The van der Waals surface area contributed by atoms with E-state index in [0.29, 0.717) is 22.2 Å². The van der Waals surface area contributed by atoms with Gasteiger partial charge in [0.2, 0.25) is 5.91 Å². The molecule has 0 bridgehead atoms. The molecule has 0 unspecified atom stereocenters. The van der Waals surface area contributed by atoms with Crippen molar-refractivity contribution >= 4 is 33.7 Å². The molecule has 0 saturated heterocycles. The van der Waals surface area contributed by atoms with Crippen molar-refractivity contribution in [3.8, 4) is 22.0 Å². The lowest BCUT2D eigenvalue weighted by Gasteiger charge is -1.99. The van der Waals surface area contributed by atoms with Gasteiger partial charge in [-0.1, -0.05) is 35.5 Å². The van der Waals surface area contributed by atoms with Gasteiger partial charge in [-0.05, 0) is 12.1 Å². The van der Waals surface area contributed by atoms with Gasteiger partial charge in [-0.25, -0.2) is 14.6 Å². The van der Waals surface area contributed by atoms with Crippen molar-refractivity contribution in [3.63, 3.8) is 0 Å². The summed E-state index contributed by atoms with van der Waals surface area (Å²) in [7, 11) is 0. The molecule has 1 N–H and O–H groups in total. The lowest BCUT2D eigenvalue weighted by atomic mass is 10.2.